The Morgan fingerprint density at radius 3 is 2.42 bits per heavy atom. The molecule has 12 heavy (non-hydrogen) atoms. The van der Waals surface area contributed by atoms with Gasteiger partial charge in [-0.15, -0.1) is 0 Å². The summed E-state index contributed by atoms with van der Waals surface area (Å²) in [6.07, 6.45) is 8.77. The Bertz CT molecular complexity index is 133. The molecule has 0 radical (unpaired) electrons. The Morgan fingerprint density at radius 2 is 2.00 bits per heavy atom. The second kappa shape index (κ2) is 4.83. The highest BCUT2D eigenvalue weighted by Gasteiger charge is 2.48. The van der Waals surface area contributed by atoms with E-state index < -0.39 is 0 Å². The van der Waals surface area contributed by atoms with E-state index in [-0.39, 0.29) is 0 Å². The molecule has 1 saturated carbocycles. The lowest BCUT2D eigenvalue weighted by atomic mass is 9.93. The van der Waals surface area contributed by atoms with Gasteiger partial charge in [0.15, 0.2) is 0 Å². The zero-order valence-corrected chi connectivity index (χ0v) is 10.6. The Balaban J connectivity index is 2.18. The third-order valence-corrected chi connectivity index (χ3v) is 4.01. The first-order chi connectivity index (χ1) is 5.75. The summed E-state index contributed by atoms with van der Waals surface area (Å²) in [7, 11) is 0. The average Bonchev–Trinajstić information content (AvgIpc) is 2.63. The summed E-state index contributed by atoms with van der Waals surface area (Å²) in [5.41, 5.74) is 0.802. The number of hydrogen-bond donors (Lipinski definition) is 0. The zero-order valence-electron chi connectivity index (χ0n) is 8.41. The molecule has 0 N–H and O–H groups in total. The van der Waals surface area contributed by atoms with Crippen molar-refractivity contribution in [3.05, 3.63) is 0 Å². The van der Waals surface area contributed by atoms with Crippen molar-refractivity contribution in [1.82, 2.24) is 0 Å². The quantitative estimate of drug-likeness (QED) is 0.384. The van der Waals surface area contributed by atoms with E-state index in [4.69, 9.17) is 0 Å². The van der Waals surface area contributed by atoms with E-state index in [0.29, 0.717) is 0 Å². The molecule has 0 heterocycles. The molecule has 0 saturated heterocycles. The van der Waals surface area contributed by atoms with E-state index in [1.165, 1.54) is 43.0 Å². The van der Waals surface area contributed by atoms with Gasteiger partial charge in [0, 0.05) is 4.43 Å². The Hall–Kier alpha value is 0.730. The van der Waals surface area contributed by atoms with E-state index in [2.05, 4.69) is 36.4 Å². The highest BCUT2D eigenvalue weighted by atomic mass is 127. The van der Waals surface area contributed by atoms with E-state index in [0.717, 1.165) is 11.3 Å². The number of rotatable bonds is 6. The molecule has 1 aliphatic carbocycles. The molecule has 0 spiro atoms. The van der Waals surface area contributed by atoms with Crippen molar-refractivity contribution in [2.45, 2.75) is 52.4 Å². The second-order valence-electron chi connectivity index (χ2n) is 4.36. The van der Waals surface area contributed by atoms with Crippen LogP contribution in [0.1, 0.15) is 52.4 Å². The minimum atomic E-state index is 0.802. The number of alkyl halides is 1. The fourth-order valence-electron chi connectivity index (χ4n) is 2.29. The standard InChI is InChI=1S/C11H21I/c1-3-4-5-6-11(7-8-12)9-10(11)2/h10H,3-9H2,1-2H3. The lowest BCUT2D eigenvalue weighted by Gasteiger charge is -2.14. The summed E-state index contributed by atoms with van der Waals surface area (Å²) in [5.74, 6) is 1.03. The molecule has 0 amide bonds. The van der Waals surface area contributed by atoms with Crippen LogP contribution in [0.5, 0.6) is 0 Å². The van der Waals surface area contributed by atoms with Crippen LogP contribution >= 0.6 is 22.6 Å². The fourth-order valence-corrected chi connectivity index (χ4v) is 3.36. The third kappa shape index (κ3) is 2.61. The van der Waals surface area contributed by atoms with Gasteiger partial charge >= 0.3 is 0 Å². The Morgan fingerprint density at radius 1 is 1.33 bits per heavy atom. The summed E-state index contributed by atoms with van der Waals surface area (Å²) in [6, 6.07) is 0. The predicted octanol–water partition coefficient (Wildman–Crippen LogP) is 4.42. The van der Waals surface area contributed by atoms with E-state index >= 15 is 0 Å². The largest absolute Gasteiger partial charge is 0.0864 e. The Kier molecular flexibility index (Phi) is 4.35. The molecule has 2 unspecified atom stereocenters. The molecular formula is C11H21I. The van der Waals surface area contributed by atoms with E-state index in [1.807, 2.05) is 0 Å². The lowest BCUT2D eigenvalue weighted by molar-refractivity contribution is 0.398. The minimum Gasteiger partial charge on any atom is -0.0864 e. The van der Waals surface area contributed by atoms with Gasteiger partial charge in [0.25, 0.3) is 0 Å². The van der Waals surface area contributed by atoms with Crippen LogP contribution in [-0.2, 0) is 0 Å². The first kappa shape index (κ1) is 10.8. The molecule has 1 rings (SSSR count). The van der Waals surface area contributed by atoms with Crippen LogP contribution in [0.2, 0.25) is 0 Å². The van der Waals surface area contributed by atoms with Gasteiger partial charge in [-0.1, -0.05) is 55.7 Å². The molecule has 0 bridgehead atoms. The van der Waals surface area contributed by atoms with Crippen molar-refractivity contribution >= 4 is 22.6 Å². The lowest BCUT2D eigenvalue weighted by Crippen LogP contribution is -2.03. The van der Waals surface area contributed by atoms with Crippen LogP contribution in [0.3, 0.4) is 0 Å². The molecular weight excluding hydrogens is 259 g/mol. The van der Waals surface area contributed by atoms with E-state index in [1.54, 1.807) is 0 Å². The van der Waals surface area contributed by atoms with Crippen LogP contribution in [-0.4, -0.2) is 4.43 Å². The van der Waals surface area contributed by atoms with Crippen molar-refractivity contribution < 1.29 is 0 Å². The number of hydrogen-bond acceptors (Lipinski definition) is 0. The highest BCUT2D eigenvalue weighted by molar-refractivity contribution is 14.1. The van der Waals surface area contributed by atoms with Gasteiger partial charge in [0.2, 0.25) is 0 Å². The van der Waals surface area contributed by atoms with Crippen LogP contribution < -0.4 is 0 Å². The van der Waals surface area contributed by atoms with E-state index in [9.17, 15) is 0 Å². The summed E-state index contributed by atoms with van der Waals surface area (Å²) in [6.45, 7) is 4.72. The Labute approximate surface area is 90.6 Å². The van der Waals surface area contributed by atoms with Gasteiger partial charge < -0.3 is 0 Å². The molecule has 72 valence electrons. The third-order valence-electron chi connectivity index (χ3n) is 3.47. The predicted molar refractivity (Wildman–Crippen MR) is 63.9 cm³/mol. The van der Waals surface area contributed by atoms with Gasteiger partial charge in [-0.2, -0.15) is 0 Å². The van der Waals surface area contributed by atoms with Crippen molar-refractivity contribution in [3.63, 3.8) is 0 Å². The minimum absolute atomic E-state index is 0.802. The molecule has 0 aromatic heterocycles. The van der Waals surface area contributed by atoms with Crippen molar-refractivity contribution in [3.8, 4) is 0 Å². The SMILES string of the molecule is CCCCCC1(CCI)CC1C. The summed E-state index contributed by atoms with van der Waals surface area (Å²) < 4.78 is 1.36. The van der Waals surface area contributed by atoms with Crippen molar-refractivity contribution in [1.29, 1.82) is 0 Å². The second-order valence-corrected chi connectivity index (χ2v) is 5.44. The number of halogens is 1. The average molecular weight is 280 g/mol. The molecule has 0 aromatic carbocycles. The molecule has 1 heteroatoms. The maximum atomic E-state index is 2.52. The summed E-state index contributed by atoms with van der Waals surface area (Å²) in [5, 5.41) is 0. The topological polar surface area (TPSA) is 0 Å². The fraction of sp³-hybridized carbons (Fsp3) is 1.00. The molecule has 0 nitrogen and oxygen atoms in total. The molecule has 1 aliphatic rings. The van der Waals surface area contributed by atoms with Crippen molar-refractivity contribution in [2.24, 2.45) is 11.3 Å². The van der Waals surface area contributed by atoms with Crippen LogP contribution in [0.25, 0.3) is 0 Å². The smallest absolute Gasteiger partial charge is 0.0000658 e. The normalized spacial score (nSPS) is 33.8. The van der Waals surface area contributed by atoms with Gasteiger partial charge in [-0.3, -0.25) is 0 Å². The maximum Gasteiger partial charge on any atom is 0.0000658 e. The highest BCUT2D eigenvalue weighted by Crippen LogP contribution is 2.58. The molecule has 1 fully saturated rings. The van der Waals surface area contributed by atoms with Crippen molar-refractivity contribution in [2.75, 3.05) is 4.43 Å². The van der Waals surface area contributed by atoms with Crippen LogP contribution in [0, 0.1) is 11.3 Å². The van der Waals surface area contributed by atoms with Gasteiger partial charge in [0.1, 0.15) is 0 Å². The molecule has 2 atom stereocenters. The zero-order chi connectivity index (χ0) is 9.03. The first-order valence-electron chi connectivity index (χ1n) is 5.31. The van der Waals surface area contributed by atoms with Gasteiger partial charge in [-0.05, 0) is 30.6 Å². The van der Waals surface area contributed by atoms with Crippen LogP contribution in [0.4, 0.5) is 0 Å². The molecule has 0 aliphatic heterocycles. The number of unbranched alkanes of at least 4 members (excludes halogenated alkanes) is 2. The van der Waals surface area contributed by atoms with Gasteiger partial charge in [0.05, 0.1) is 0 Å². The summed E-state index contributed by atoms with van der Waals surface area (Å²) >= 11 is 2.52. The van der Waals surface area contributed by atoms with Gasteiger partial charge in [-0.25, -0.2) is 0 Å². The maximum absolute atomic E-state index is 2.52. The first-order valence-corrected chi connectivity index (χ1v) is 6.83. The summed E-state index contributed by atoms with van der Waals surface area (Å²) in [4.78, 5) is 0. The van der Waals surface area contributed by atoms with Crippen LogP contribution in [0.15, 0.2) is 0 Å². The monoisotopic (exact) mass is 280 g/mol. The molecule has 0 aromatic rings.